The van der Waals surface area contributed by atoms with E-state index in [0.29, 0.717) is 0 Å². The summed E-state index contributed by atoms with van der Waals surface area (Å²) in [5.74, 6) is 1.10. The summed E-state index contributed by atoms with van der Waals surface area (Å²) in [6.45, 7) is 0. The Kier molecular flexibility index (Phi) is 2.98. The number of nitrogens with one attached hydrogen (secondary N) is 1. The maximum Gasteiger partial charge on any atom is 0.138 e. The lowest BCUT2D eigenvalue weighted by molar-refractivity contribution is 1.08. The number of anilines is 1. The number of thiophene rings is 1. The zero-order chi connectivity index (χ0) is 22.0. The van der Waals surface area contributed by atoms with Crippen LogP contribution in [0.4, 0.5) is 11.5 Å². The molecule has 9 rings (SSSR count). The van der Waals surface area contributed by atoms with Crippen LogP contribution < -0.4 is 5.32 Å². The smallest absolute Gasteiger partial charge is 0.138 e. The van der Waals surface area contributed by atoms with E-state index in [1.54, 1.807) is 0 Å². The lowest BCUT2D eigenvalue weighted by Gasteiger charge is -2.27. The third kappa shape index (κ3) is 1.94. The van der Waals surface area contributed by atoms with Crippen molar-refractivity contribution in [3.05, 3.63) is 96.1 Å². The molecule has 1 N–H and O–H groups in total. The largest absolute Gasteiger partial charge is 0.357 e. The Morgan fingerprint density at radius 3 is 2.62 bits per heavy atom. The molecular weight excluding hydrogens is 434 g/mol. The molecule has 0 saturated carbocycles. The van der Waals surface area contributed by atoms with Crippen molar-refractivity contribution < 1.29 is 0 Å². The highest BCUT2D eigenvalue weighted by Crippen LogP contribution is 2.49. The van der Waals surface area contributed by atoms with E-state index in [-0.39, 0.29) is 6.04 Å². The van der Waals surface area contributed by atoms with Crippen LogP contribution in [0.5, 0.6) is 0 Å². The highest BCUT2D eigenvalue weighted by molar-refractivity contribution is 7.26. The molecule has 1 aliphatic heterocycles. The molecule has 34 heavy (non-hydrogen) atoms. The number of rotatable bonds is 0. The lowest BCUT2D eigenvalue weighted by Crippen LogP contribution is -2.33. The number of para-hydroxylation sites is 1. The van der Waals surface area contributed by atoms with Gasteiger partial charge in [-0.1, -0.05) is 72.8 Å². The van der Waals surface area contributed by atoms with E-state index >= 15 is 0 Å². The third-order valence-corrected chi connectivity index (χ3v) is 8.65. The van der Waals surface area contributed by atoms with Crippen molar-refractivity contribution in [3.8, 4) is 0 Å². The predicted molar refractivity (Wildman–Crippen MR) is 146 cm³/mol. The predicted octanol–water partition coefficient (Wildman–Crippen LogP) is 7.99. The normalized spacial score (nSPS) is 16.8. The summed E-state index contributed by atoms with van der Waals surface area (Å²) < 4.78 is 5.10. The van der Waals surface area contributed by atoms with Gasteiger partial charge in [0.25, 0.3) is 0 Å². The van der Waals surface area contributed by atoms with Crippen LogP contribution in [0.15, 0.2) is 89.9 Å². The molecule has 3 nitrogen and oxygen atoms in total. The number of aromatic nitrogens is 1. The summed E-state index contributed by atoms with van der Waals surface area (Å²) in [7, 11) is 0. The average Bonchev–Trinajstić information content (AvgIpc) is 3.53. The second-order valence-electron chi connectivity index (χ2n) is 9.23. The molecule has 1 aliphatic carbocycles. The molecule has 7 aromatic rings. The molecule has 4 aromatic carbocycles. The maximum atomic E-state index is 5.29. The van der Waals surface area contributed by atoms with Crippen molar-refractivity contribution in [2.75, 3.05) is 5.32 Å². The minimum Gasteiger partial charge on any atom is -0.357 e. The standard InChI is InChI=1S/C30H17N3S/c1-2-7-17-16(6-1)12-13-21-27(17)32-28-20-10-5-9-19-25-22(33(29(19)20)30(28)31-21)14-15-24-26(25)18-8-3-4-11-23(18)34-24/h1-15,21,31H. The van der Waals surface area contributed by atoms with E-state index in [0.717, 1.165) is 17.2 Å². The molecular formula is C30H17N3S. The van der Waals surface area contributed by atoms with E-state index in [4.69, 9.17) is 4.99 Å². The van der Waals surface area contributed by atoms with Gasteiger partial charge in [0.15, 0.2) is 0 Å². The molecule has 1 unspecified atom stereocenters. The fourth-order valence-electron chi connectivity index (χ4n) is 6.12. The first-order valence-corrected chi connectivity index (χ1v) is 12.4. The van der Waals surface area contributed by atoms with Gasteiger partial charge in [0.2, 0.25) is 0 Å². The number of benzene rings is 4. The minimum atomic E-state index is 0.0705. The van der Waals surface area contributed by atoms with E-state index in [1.807, 2.05) is 11.3 Å². The molecule has 4 heteroatoms. The van der Waals surface area contributed by atoms with E-state index in [9.17, 15) is 0 Å². The van der Waals surface area contributed by atoms with Gasteiger partial charge in [0.1, 0.15) is 11.5 Å². The molecule has 0 saturated heterocycles. The van der Waals surface area contributed by atoms with Crippen LogP contribution in [-0.4, -0.2) is 16.2 Å². The van der Waals surface area contributed by atoms with Gasteiger partial charge in [-0.05, 0) is 23.8 Å². The Morgan fingerprint density at radius 1 is 0.765 bits per heavy atom. The minimum absolute atomic E-state index is 0.0705. The molecule has 158 valence electrons. The van der Waals surface area contributed by atoms with Gasteiger partial charge in [0, 0.05) is 41.9 Å². The van der Waals surface area contributed by atoms with E-state index < -0.39 is 0 Å². The first-order valence-electron chi connectivity index (χ1n) is 11.6. The average molecular weight is 452 g/mol. The Morgan fingerprint density at radius 2 is 1.62 bits per heavy atom. The number of fused-ring (bicyclic) bond motifs is 13. The van der Waals surface area contributed by atoms with Crippen molar-refractivity contribution in [1.82, 2.24) is 4.40 Å². The molecule has 0 bridgehead atoms. The monoisotopic (exact) mass is 451 g/mol. The molecule has 4 heterocycles. The molecule has 0 spiro atoms. The number of hydrogen-bond donors (Lipinski definition) is 1. The third-order valence-electron chi connectivity index (χ3n) is 7.52. The zero-order valence-corrected chi connectivity index (χ0v) is 18.9. The fourth-order valence-corrected chi connectivity index (χ4v) is 7.24. The summed E-state index contributed by atoms with van der Waals surface area (Å²) in [5, 5.41) is 10.4. The summed E-state index contributed by atoms with van der Waals surface area (Å²) in [6.07, 6.45) is 4.45. The van der Waals surface area contributed by atoms with Crippen molar-refractivity contribution in [2.24, 2.45) is 4.99 Å². The van der Waals surface area contributed by atoms with Gasteiger partial charge in [-0.25, -0.2) is 4.99 Å². The quantitative estimate of drug-likeness (QED) is 0.249. The highest BCUT2D eigenvalue weighted by atomic mass is 32.1. The van der Waals surface area contributed by atoms with Crippen LogP contribution >= 0.6 is 11.3 Å². The Hall–Kier alpha value is -4.15. The van der Waals surface area contributed by atoms with Gasteiger partial charge < -0.3 is 5.32 Å². The second kappa shape index (κ2) is 5.85. The molecule has 0 fully saturated rings. The number of nitrogens with zero attached hydrogens (tertiary/aromatic N) is 2. The van der Waals surface area contributed by atoms with Crippen molar-refractivity contribution in [2.45, 2.75) is 6.04 Å². The van der Waals surface area contributed by atoms with Crippen molar-refractivity contribution >= 4 is 82.0 Å². The Balaban J connectivity index is 1.45. The lowest BCUT2D eigenvalue weighted by atomic mass is 9.91. The van der Waals surface area contributed by atoms with Crippen molar-refractivity contribution in [1.29, 1.82) is 0 Å². The SMILES string of the molecule is C1=CC2Nc3c(c4cccc5c6c7c(ccc6n3c45)sc3ccccc37)N=C2c2ccccc21. The van der Waals surface area contributed by atoms with Crippen LogP contribution in [-0.2, 0) is 0 Å². The summed E-state index contributed by atoms with van der Waals surface area (Å²) in [5.41, 5.74) is 7.11. The summed E-state index contributed by atoms with van der Waals surface area (Å²) in [6, 6.07) is 28.6. The highest BCUT2D eigenvalue weighted by Gasteiger charge is 2.31. The van der Waals surface area contributed by atoms with Crippen LogP contribution in [0.25, 0.3) is 53.4 Å². The van der Waals surface area contributed by atoms with E-state index in [1.165, 1.54) is 58.5 Å². The van der Waals surface area contributed by atoms with Crippen LogP contribution in [0.1, 0.15) is 11.1 Å². The Labute approximate surface area is 198 Å². The number of hydrogen-bond acceptors (Lipinski definition) is 3. The molecule has 2 aliphatic rings. The van der Waals surface area contributed by atoms with Crippen LogP contribution in [0, 0.1) is 0 Å². The first kappa shape index (κ1) is 17.3. The number of aliphatic imine (C=N–C) groups is 1. The van der Waals surface area contributed by atoms with Gasteiger partial charge in [-0.15, -0.1) is 11.3 Å². The molecule has 1 atom stereocenters. The second-order valence-corrected chi connectivity index (χ2v) is 10.3. The zero-order valence-electron chi connectivity index (χ0n) is 18.0. The first-order chi connectivity index (χ1) is 16.9. The summed E-state index contributed by atoms with van der Waals surface area (Å²) >= 11 is 1.88. The molecule has 3 aromatic heterocycles. The van der Waals surface area contributed by atoms with Gasteiger partial charge in [-0.3, -0.25) is 4.40 Å². The van der Waals surface area contributed by atoms with Crippen molar-refractivity contribution in [3.63, 3.8) is 0 Å². The molecule has 0 amide bonds. The topological polar surface area (TPSA) is 28.8 Å². The van der Waals surface area contributed by atoms with Gasteiger partial charge >= 0.3 is 0 Å². The maximum absolute atomic E-state index is 5.29. The Bertz CT molecular complexity index is 2050. The van der Waals surface area contributed by atoms with Gasteiger partial charge in [-0.2, -0.15) is 0 Å². The molecule has 0 radical (unpaired) electrons. The van der Waals surface area contributed by atoms with Gasteiger partial charge in [0.05, 0.1) is 22.8 Å². The fraction of sp³-hybridized carbons (Fsp3) is 0.0333. The summed E-state index contributed by atoms with van der Waals surface area (Å²) in [4.78, 5) is 5.29. The van der Waals surface area contributed by atoms with E-state index in [2.05, 4.69) is 101 Å². The van der Waals surface area contributed by atoms with Crippen LogP contribution in [0.3, 0.4) is 0 Å². The van der Waals surface area contributed by atoms with Crippen LogP contribution in [0.2, 0.25) is 0 Å².